The molecule has 2 aromatic heterocycles. The van der Waals surface area contributed by atoms with Crippen LogP contribution in [0.25, 0.3) is 0 Å². The molecule has 0 radical (unpaired) electrons. The molecule has 0 saturated carbocycles. The van der Waals surface area contributed by atoms with Gasteiger partial charge in [-0.25, -0.2) is 4.98 Å². The zero-order valence-corrected chi connectivity index (χ0v) is 14.4. The molecule has 0 aromatic carbocycles. The van der Waals surface area contributed by atoms with E-state index < -0.39 is 0 Å². The van der Waals surface area contributed by atoms with Crippen LogP contribution in [-0.2, 0) is 6.42 Å². The molecule has 0 fully saturated rings. The molecule has 0 aliphatic heterocycles. The molecule has 1 atom stereocenters. The van der Waals surface area contributed by atoms with Gasteiger partial charge in [0.25, 0.3) is 0 Å². The molecular formula is C13H17IN2S2. The van der Waals surface area contributed by atoms with E-state index in [2.05, 4.69) is 63.6 Å². The zero-order valence-electron chi connectivity index (χ0n) is 10.6. The van der Waals surface area contributed by atoms with Crippen LogP contribution in [0.4, 0.5) is 0 Å². The Bertz CT molecular complexity index is 493. The van der Waals surface area contributed by atoms with E-state index in [9.17, 15) is 0 Å². The Balaban J connectivity index is 2.09. The third-order valence-electron chi connectivity index (χ3n) is 2.68. The topological polar surface area (TPSA) is 24.9 Å². The molecule has 2 aromatic rings. The predicted molar refractivity (Wildman–Crippen MR) is 88.6 cm³/mol. The first-order valence-electron chi connectivity index (χ1n) is 6.07. The zero-order chi connectivity index (χ0) is 13.0. The van der Waals surface area contributed by atoms with Gasteiger partial charge in [-0.05, 0) is 59.5 Å². The summed E-state index contributed by atoms with van der Waals surface area (Å²) >= 11 is 5.96. The van der Waals surface area contributed by atoms with E-state index in [1.54, 1.807) is 11.3 Å². The van der Waals surface area contributed by atoms with Crippen molar-refractivity contribution in [1.82, 2.24) is 10.3 Å². The molecule has 18 heavy (non-hydrogen) atoms. The smallest absolute Gasteiger partial charge is 0.0947 e. The van der Waals surface area contributed by atoms with Crippen LogP contribution in [0.15, 0.2) is 16.8 Å². The molecule has 2 rings (SSSR count). The lowest BCUT2D eigenvalue weighted by Crippen LogP contribution is -2.23. The maximum atomic E-state index is 4.57. The summed E-state index contributed by atoms with van der Waals surface area (Å²) in [4.78, 5) is 4.57. The van der Waals surface area contributed by atoms with Crippen LogP contribution in [0.2, 0.25) is 0 Å². The van der Waals surface area contributed by atoms with Gasteiger partial charge in [0, 0.05) is 23.5 Å². The number of hydrogen-bond donors (Lipinski definition) is 1. The number of rotatable bonds is 6. The lowest BCUT2D eigenvalue weighted by atomic mass is 10.1. The Morgan fingerprint density at radius 1 is 1.39 bits per heavy atom. The summed E-state index contributed by atoms with van der Waals surface area (Å²) in [7, 11) is 0. The average molecular weight is 392 g/mol. The van der Waals surface area contributed by atoms with E-state index >= 15 is 0 Å². The van der Waals surface area contributed by atoms with E-state index in [1.807, 2.05) is 11.3 Å². The number of hydrogen-bond acceptors (Lipinski definition) is 4. The van der Waals surface area contributed by atoms with Crippen molar-refractivity contribution in [2.75, 3.05) is 6.54 Å². The number of thiazole rings is 1. The van der Waals surface area contributed by atoms with Crippen molar-refractivity contribution in [1.29, 1.82) is 0 Å². The first kappa shape index (κ1) is 14.4. The van der Waals surface area contributed by atoms with Crippen molar-refractivity contribution in [3.05, 3.63) is 36.0 Å². The monoisotopic (exact) mass is 392 g/mol. The lowest BCUT2D eigenvalue weighted by molar-refractivity contribution is 0.529. The SMILES string of the molecule is CCCNC(Cc1nc(C)cs1)c1csc(I)c1. The van der Waals surface area contributed by atoms with Crippen molar-refractivity contribution in [2.45, 2.75) is 32.7 Å². The van der Waals surface area contributed by atoms with E-state index in [0.717, 1.165) is 25.1 Å². The summed E-state index contributed by atoms with van der Waals surface area (Å²) in [5.41, 5.74) is 2.52. The molecule has 5 heteroatoms. The molecule has 1 unspecified atom stereocenters. The van der Waals surface area contributed by atoms with Crippen molar-refractivity contribution >= 4 is 45.3 Å². The minimum atomic E-state index is 0.398. The highest BCUT2D eigenvalue weighted by molar-refractivity contribution is 14.1. The number of aromatic nitrogens is 1. The predicted octanol–water partition coefficient (Wildman–Crippen LogP) is 4.40. The molecule has 0 aliphatic carbocycles. The third-order valence-corrected chi connectivity index (χ3v) is 5.47. The van der Waals surface area contributed by atoms with Gasteiger partial charge in [-0.1, -0.05) is 6.92 Å². The summed E-state index contributed by atoms with van der Waals surface area (Å²) in [6.45, 7) is 5.32. The van der Waals surface area contributed by atoms with Crippen LogP contribution in [0.1, 0.15) is 35.7 Å². The largest absolute Gasteiger partial charge is 0.310 e. The standard InChI is InChI=1S/C13H17IN2S2/c1-3-4-15-11(10-5-12(14)17-8-10)6-13-16-9(2)7-18-13/h5,7-8,11,15H,3-4,6H2,1-2H3. The Labute approximate surface area is 130 Å². The summed E-state index contributed by atoms with van der Waals surface area (Å²) in [5.74, 6) is 0. The number of halogens is 1. The van der Waals surface area contributed by atoms with Gasteiger partial charge in [-0.3, -0.25) is 0 Å². The van der Waals surface area contributed by atoms with Gasteiger partial charge in [0.15, 0.2) is 0 Å². The molecule has 2 nitrogen and oxygen atoms in total. The van der Waals surface area contributed by atoms with E-state index in [1.165, 1.54) is 13.5 Å². The van der Waals surface area contributed by atoms with Crippen molar-refractivity contribution < 1.29 is 0 Å². The van der Waals surface area contributed by atoms with Gasteiger partial charge in [-0.2, -0.15) is 0 Å². The summed E-state index contributed by atoms with van der Waals surface area (Å²) in [6, 6.07) is 2.68. The van der Waals surface area contributed by atoms with Crippen LogP contribution >= 0.6 is 45.3 Å². The maximum Gasteiger partial charge on any atom is 0.0947 e. The first-order chi connectivity index (χ1) is 8.69. The number of aryl methyl sites for hydroxylation is 1. The number of thiophene rings is 1. The highest BCUT2D eigenvalue weighted by atomic mass is 127. The van der Waals surface area contributed by atoms with Crippen LogP contribution in [0.5, 0.6) is 0 Å². The van der Waals surface area contributed by atoms with Gasteiger partial charge in [0.05, 0.1) is 7.89 Å². The quantitative estimate of drug-likeness (QED) is 0.738. The first-order valence-corrected chi connectivity index (χ1v) is 8.91. The van der Waals surface area contributed by atoms with Crippen molar-refractivity contribution in [2.24, 2.45) is 0 Å². The average Bonchev–Trinajstić information content (AvgIpc) is 2.93. The van der Waals surface area contributed by atoms with Gasteiger partial charge in [0.1, 0.15) is 0 Å². The van der Waals surface area contributed by atoms with Crippen LogP contribution in [0.3, 0.4) is 0 Å². The molecule has 1 N–H and O–H groups in total. The van der Waals surface area contributed by atoms with Crippen LogP contribution < -0.4 is 5.32 Å². The number of nitrogens with zero attached hydrogens (tertiary/aromatic N) is 1. The van der Waals surface area contributed by atoms with E-state index in [4.69, 9.17) is 0 Å². The molecule has 0 spiro atoms. The van der Waals surface area contributed by atoms with E-state index in [-0.39, 0.29) is 0 Å². The van der Waals surface area contributed by atoms with E-state index in [0.29, 0.717) is 6.04 Å². The summed E-state index contributed by atoms with van der Waals surface area (Å²) in [5, 5.41) is 9.24. The minimum absolute atomic E-state index is 0.398. The third kappa shape index (κ3) is 4.01. The second-order valence-corrected chi connectivity index (χ2v) is 8.03. The van der Waals surface area contributed by atoms with Gasteiger partial charge in [-0.15, -0.1) is 22.7 Å². The molecule has 0 saturated heterocycles. The van der Waals surface area contributed by atoms with Crippen molar-refractivity contribution in [3.8, 4) is 0 Å². The molecule has 2 heterocycles. The normalized spacial score (nSPS) is 12.8. The molecule has 0 amide bonds. The minimum Gasteiger partial charge on any atom is -0.310 e. The fourth-order valence-corrected chi connectivity index (χ4v) is 4.05. The second-order valence-electron chi connectivity index (χ2n) is 4.28. The molecule has 0 bridgehead atoms. The fraction of sp³-hybridized carbons (Fsp3) is 0.462. The van der Waals surface area contributed by atoms with Gasteiger partial charge in [0.2, 0.25) is 0 Å². The molecule has 98 valence electrons. The Morgan fingerprint density at radius 2 is 2.22 bits per heavy atom. The highest BCUT2D eigenvalue weighted by Crippen LogP contribution is 2.26. The summed E-state index contributed by atoms with van der Waals surface area (Å²) < 4.78 is 1.35. The Kier molecular flexibility index (Phi) is 5.59. The van der Waals surface area contributed by atoms with Crippen LogP contribution in [-0.4, -0.2) is 11.5 Å². The van der Waals surface area contributed by atoms with Crippen LogP contribution in [0, 0.1) is 9.81 Å². The van der Waals surface area contributed by atoms with Gasteiger partial charge < -0.3 is 5.32 Å². The maximum absolute atomic E-state index is 4.57. The van der Waals surface area contributed by atoms with Crippen molar-refractivity contribution in [3.63, 3.8) is 0 Å². The molecular weight excluding hydrogens is 375 g/mol. The Hall–Kier alpha value is 0.0200. The Morgan fingerprint density at radius 3 is 2.78 bits per heavy atom. The lowest BCUT2D eigenvalue weighted by Gasteiger charge is -2.16. The number of nitrogens with one attached hydrogen (secondary N) is 1. The second kappa shape index (κ2) is 6.98. The summed E-state index contributed by atoms with van der Waals surface area (Å²) in [6.07, 6.45) is 2.15. The highest BCUT2D eigenvalue weighted by Gasteiger charge is 2.14. The van der Waals surface area contributed by atoms with Gasteiger partial charge >= 0.3 is 0 Å². The fourth-order valence-electron chi connectivity index (χ4n) is 1.80. The molecule has 0 aliphatic rings.